The number of carbonyl (C=O) groups is 2. The summed E-state index contributed by atoms with van der Waals surface area (Å²) in [5.74, 6) is 1.48. The second-order valence-corrected chi connectivity index (χ2v) is 10.0. The van der Waals surface area contributed by atoms with Crippen LogP contribution in [0.4, 0.5) is 5.82 Å². The number of nitrogens with one attached hydrogen (secondary N) is 2. The maximum atomic E-state index is 13.0. The van der Waals surface area contributed by atoms with Crippen molar-refractivity contribution in [3.63, 3.8) is 0 Å². The zero-order chi connectivity index (χ0) is 23.0. The van der Waals surface area contributed by atoms with E-state index in [1.807, 2.05) is 56.3 Å². The van der Waals surface area contributed by atoms with Crippen molar-refractivity contribution in [3.05, 3.63) is 54.2 Å². The number of nitrogens with zero attached hydrogens (tertiary/aromatic N) is 2. The quantitative estimate of drug-likeness (QED) is 0.678. The van der Waals surface area contributed by atoms with Crippen LogP contribution in [0.5, 0.6) is 5.75 Å². The van der Waals surface area contributed by atoms with Gasteiger partial charge in [0.2, 0.25) is 0 Å². The van der Waals surface area contributed by atoms with Gasteiger partial charge in [0.15, 0.2) is 5.60 Å². The second-order valence-electron chi connectivity index (χ2n) is 10.0. The fourth-order valence-electron chi connectivity index (χ4n) is 5.03. The Labute approximate surface area is 194 Å². The number of aromatic nitrogens is 1. The molecular formula is C26H32N4O3. The summed E-state index contributed by atoms with van der Waals surface area (Å²) in [6.07, 6.45) is 7.77. The van der Waals surface area contributed by atoms with Crippen molar-refractivity contribution in [1.82, 2.24) is 15.6 Å². The minimum absolute atomic E-state index is 0.0405. The average Bonchev–Trinajstić information content (AvgIpc) is 3.57. The van der Waals surface area contributed by atoms with Gasteiger partial charge in [-0.3, -0.25) is 9.59 Å². The Morgan fingerprint density at radius 3 is 2.24 bits per heavy atom. The van der Waals surface area contributed by atoms with E-state index in [1.165, 1.54) is 0 Å². The summed E-state index contributed by atoms with van der Waals surface area (Å²) in [4.78, 5) is 32.3. The van der Waals surface area contributed by atoms with E-state index in [-0.39, 0.29) is 17.9 Å². The van der Waals surface area contributed by atoms with Gasteiger partial charge in [0.1, 0.15) is 11.6 Å². The summed E-state index contributed by atoms with van der Waals surface area (Å²) in [5.41, 5.74) is -0.337. The predicted molar refractivity (Wildman–Crippen MR) is 126 cm³/mol. The number of rotatable bonds is 7. The van der Waals surface area contributed by atoms with Gasteiger partial charge in [0.25, 0.3) is 11.8 Å². The lowest BCUT2D eigenvalue weighted by molar-refractivity contribution is -0.135. The highest BCUT2D eigenvalue weighted by Crippen LogP contribution is 2.38. The van der Waals surface area contributed by atoms with Crippen molar-refractivity contribution in [2.75, 3.05) is 4.90 Å². The summed E-state index contributed by atoms with van der Waals surface area (Å²) in [6, 6.07) is 14.4. The molecule has 3 heterocycles. The first-order chi connectivity index (χ1) is 15.9. The Bertz CT molecular complexity index is 990. The van der Waals surface area contributed by atoms with Crippen LogP contribution in [0.25, 0.3) is 0 Å². The summed E-state index contributed by atoms with van der Waals surface area (Å²) in [7, 11) is 0. The van der Waals surface area contributed by atoms with Crippen LogP contribution in [0.2, 0.25) is 0 Å². The molecule has 2 N–H and O–H groups in total. The molecule has 7 heteroatoms. The molecule has 0 spiro atoms. The summed E-state index contributed by atoms with van der Waals surface area (Å²) < 4.78 is 5.96. The van der Waals surface area contributed by atoms with Gasteiger partial charge in [0, 0.05) is 30.4 Å². The molecule has 33 heavy (non-hydrogen) atoms. The van der Waals surface area contributed by atoms with Crippen molar-refractivity contribution in [1.29, 1.82) is 0 Å². The molecule has 1 saturated carbocycles. The highest BCUT2D eigenvalue weighted by molar-refractivity contribution is 5.94. The number of hydrogen-bond acceptors (Lipinski definition) is 5. The van der Waals surface area contributed by atoms with E-state index in [9.17, 15) is 9.59 Å². The third-order valence-electron chi connectivity index (χ3n) is 6.92. The minimum Gasteiger partial charge on any atom is -0.478 e. The highest BCUT2D eigenvalue weighted by atomic mass is 16.5. The van der Waals surface area contributed by atoms with Gasteiger partial charge in [-0.2, -0.15) is 0 Å². The molecule has 2 aliphatic heterocycles. The standard InChI is InChI=1S/C26H32N4O3/c1-26(2,33-22-6-4-3-5-7-22)25(32)29-19-14-20-11-12-21(15-19)30(20)23-13-8-17(16-27-23)24(31)28-18-9-10-18/h3-8,13,16,18-21H,9-12,14-15H2,1-2H3,(H,28,31)(H,29,32)/t19?,20-,21+. The van der Waals surface area contributed by atoms with Crippen molar-refractivity contribution >= 4 is 17.6 Å². The lowest BCUT2D eigenvalue weighted by atomic mass is 9.96. The van der Waals surface area contributed by atoms with Crippen LogP contribution >= 0.6 is 0 Å². The van der Waals surface area contributed by atoms with Gasteiger partial charge < -0.3 is 20.3 Å². The number of piperidine rings is 1. The molecule has 2 saturated heterocycles. The first-order valence-electron chi connectivity index (χ1n) is 12.0. The number of carbonyl (C=O) groups excluding carboxylic acids is 2. The van der Waals surface area contributed by atoms with Crippen LogP contribution in [0.1, 0.15) is 62.7 Å². The molecule has 1 aromatic heterocycles. The molecule has 3 aliphatic rings. The fourth-order valence-corrected chi connectivity index (χ4v) is 5.03. The summed E-state index contributed by atoms with van der Waals surface area (Å²) in [6.45, 7) is 3.62. The van der Waals surface area contributed by atoms with Crippen LogP contribution < -0.4 is 20.3 Å². The molecule has 3 atom stereocenters. The minimum atomic E-state index is -0.948. The number of fused-ring (bicyclic) bond motifs is 2. The zero-order valence-corrected chi connectivity index (χ0v) is 19.3. The number of anilines is 1. The Hall–Kier alpha value is -3.09. The van der Waals surface area contributed by atoms with Crippen LogP contribution in [-0.4, -0.2) is 46.6 Å². The van der Waals surface area contributed by atoms with Crippen molar-refractivity contribution in [3.8, 4) is 5.75 Å². The van der Waals surface area contributed by atoms with Gasteiger partial charge in [-0.05, 0) is 76.6 Å². The molecule has 1 aliphatic carbocycles. The SMILES string of the molecule is CC(C)(Oc1ccccc1)C(=O)NC1C[C@H]2CC[C@@H](C1)N2c1ccc(C(=O)NC2CC2)cn1. The Morgan fingerprint density at radius 2 is 1.64 bits per heavy atom. The number of benzene rings is 1. The van der Waals surface area contributed by atoms with Gasteiger partial charge in [0.05, 0.1) is 5.56 Å². The molecule has 7 nitrogen and oxygen atoms in total. The Balaban J connectivity index is 1.19. The molecule has 3 fully saturated rings. The third-order valence-corrected chi connectivity index (χ3v) is 6.92. The monoisotopic (exact) mass is 448 g/mol. The molecule has 2 bridgehead atoms. The van der Waals surface area contributed by atoms with Crippen LogP contribution in [-0.2, 0) is 4.79 Å². The molecule has 2 aromatic rings. The Kier molecular flexibility index (Phi) is 5.72. The lowest BCUT2D eigenvalue weighted by Crippen LogP contribution is -2.55. The molecule has 1 unspecified atom stereocenters. The van der Waals surface area contributed by atoms with E-state index in [1.54, 1.807) is 6.20 Å². The predicted octanol–water partition coefficient (Wildman–Crippen LogP) is 3.45. The molecule has 1 aromatic carbocycles. The van der Waals surface area contributed by atoms with E-state index in [0.717, 1.165) is 44.3 Å². The lowest BCUT2D eigenvalue weighted by Gasteiger charge is -2.40. The van der Waals surface area contributed by atoms with Crippen molar-refractivity contribution in [2.45, 2.75) is 82.1 Å². The second kappa shape index (κ2) is 8.69. The van der Waals surface area contributed by atoms with E-state index in [0.29, 0.717) is 29.4 Å². The van der Waals surface area contributed by atoms with Crippen LogP contribution in [0.3, 0.4) is 0 Å². The number of ether oxygens (including phenoxy) is 1. The van der Waals surface area contributed by atoms with Crippen LogP contribution in [0, 0.1) is 0 Å². The normalized spacial score (nSPS) is 24.3. The first-order valence-corrected chi connectivity index (χ1v) is 12.0. The summed E-state index contributed by atoms with van der Waals surface area (Å²) in [5, 5.41) is 6.24. The number of para-hydroxylation sites is 1. The van der Waals surface area contributed by atoms with Gasteiger partial charge >= 0.3 is 0 Å². The number of amides is 2. The number of hydrogen-bond donors (Lipinski definition) is 2. The van der Waals surface area contributed by atoms with Crippen LogP contribution in [0.15, 0.2) is 48.7 Å². The molecular weight excluding hydrogens is 416 g/mol. The largest absolute Gasteiger partial charge is 0.478 e. The van der Waals surface area contributed by atoms with Gasteiger partial charge in [-0.15, -0.1) is 0 Å². The van der Waals surface area contributed by atoms with Crippen molar-refractivity contribution in [2.24, 2.45) is 0 Å². The highest BCUT2D eigenvalue weighted by Gasteiger charge is 2.43. The van der Waals surface area contributed by atoms with E-state index >= 15 is 0 Å². The Morgan fingerprint density at radius 1 is 0.939 bits per heavy atom. The number of pyridine rings is 1. The summed E-state index contributed by atoms with van der Waals surface area (Å²) >= 11 is 0. The third kappa shape index (κ3) is 4.82. The molecule has 174 valence electrons. The van der Waals surface area contributed by atoms with E-state index in [4.69, 9.17) is 4.74 Å². The van der Waals surface area contributed by atoms with E-state index in [2.05, 4.69) is 20.5 Å². The maximum absolute atomic E-state index is 13.0. The zero-order valence-electron chi connectivity index (χ0n) is 19.3. The van der Waals surface area contributed by atoms with E-state index < -0.39 is 5.60 Å². The van der Waals surface area contributed by atoms with Gasteiger partial charge in [-0.1, -0.05) is 18.2 Å². The molecule has 0 radical (unpaired) electrons. The van der Waals surface area contributed by atoms with Gasteiger partial charge in [-0.25, -0.2) is 4.98 Å². The molecule has 2 amide bonds. The first kappa shape index (κ1) is 21.7. The fraction of sp³-hybridized carbons (Fsp3) is 0.500. The smallest absolute Gasteiger partial charge is 0.263 e. The van der Waals surface area contributed by atoms with Crippen molar-refractivity contribution < 1.29 is 14.3 Å². The maximum Gasteiger partial charge on any atom is 0.263 e. The average molecular weight is 449 g/mol. The topological polar surface area (TPSA) is 83.6 Å². The molecule has 5 rings (SSSR count).